The van der Waals surface area contributed by atoms with Gasteiger partial charge in [-0.2, -0.15) is 4.39 Å². The Hall–Kier alpha value is -1.75. The highest BCUT2D eigenvalue weighted by Crippen LogP contribution is 2.32. The third-order valence-electron chi connectivity index (χ3n) is 3.37. The highest BCUT2D eigenvalue weighted by Gasteiger charge is 2.55. The van der Waals surface area contributed by atoms with E-state index in [1.165, 1.54) is 0 Å². The minimum atomic E-state index is -2.51. The van der Waals surface area contributed by atoms with Gasteiger partial charge >= 0.3 is 5.79 Å². The average molecular weight is 285 g/mol. The molecule has 0 bridgehead atoms. The summed E-state index contributed by atoms with van der Waals surface area (Å²) in [6, 6.07) is 0. The summed E-state index contributed by atoms with van der Waals surface area (Å²) in [5.41, 5.74) is 0. The number of ether oxygens (including phenoxy) is 1. The van der Waals surface area contributed by atoms with Crippen LogP contribution in [0.1, 0.15) is 0 Å². The fraction of sp³-hybridized carbons (Fsp3) is 0.600. The molecular formula is C10H12FN5O4. The van der Waals surface area contributed by atoms with Gasteiger partial charge in [-0.25, -0.2) is 15.0 Å². The predicted octanol–water partition coefficient (Wildman–Crippen LogP) is -2.15. The number of alkyl halides is 1. The molecule has 0 amide bonds. The van der Waals surface area contributed by atoms with Gasteiger partial charge in [0.25, 0.3) is 0 Å². The lowest BCUT2D eigenvalue weighted by molar-refractivity contribution is -0.0516. The number of aliphatic imine (C=N–C) groups is 3. The first-order valence-corrected chi connectivity index (χ1v) is 5.84. The van der Waals surface area contributed by atoms with Crippen molar-refractivity contribution in [3.8, 4) is 0 Å². The molecule has 108 valence electrons. The van der Waals surface area contributed by atoms with Crippen molar-refractivity contribution in [1.29, 1.82) is 5.41 Å². The van der Waals surface area contributed by atoms with Gasteiger partial charge in [-0.05, 0) is 0 Å². The van der Waals surface area contributed by atoms with Crippen LogP contribution in [0.4, 0.5) is 4.39 Å². The third kappa shape index (κ3) is 1.62. The van der Waals surface area contributed by atoms with Crippen LogP contribution < -0.4 is 0 Å². The van der Waals surface area contributed by atoms with Crippen LogP contribution in [0, 0.1) is 5.41 Å². The maximum atomic E-state index is 14.5. The smallest absolute Gasteiger partial charge is 0.318 e. The van der Waals surface area contributed by atoms with Crippen molar-refractivity contribution in [2.45, 2.75) is 30.3 Å². The first kappa shape index (κ1) is 13.2. The number of halogens is 1. The molecule has 0 aromatic carbocycles. The van der Waals surface area contributed by atoms with Crippen molar-refractivity contribution in [2.24, 2.45) is 15.0 Å². The van der Waals surface area contributed by atoms with Crippen LogP contribution in [0.15, 0.2) is 15.0 Å². The fourth-order valence-electron chi connectivity index (χ4n) is 2.27. The Morgan fingerprint density at radius 1 is 1.45 bits per heavy atom. The Balaban J connectivity index is 1.90. The Kier molecular flexibility index (Phi) is 2.90. The summed E-state index contributed by atoms with van der Waals surface area (Å²) in [6.07, 6.45) is -2.81. The van der Waals surface area contributed by atoms with Crippen LogP contribution in [0.3, 0.4) is 0 Å². The van der Waals surface area contributed by atoms with Crippen molar-refractivity contribution in [2.75, 3.05) is 6.61 Å². The zero-order chi connectivity index (χ0) is 14.5. The molecule has 1 fully saturated rings. The van der Waals surface area contributed by atoms with Crippen molar-refractivity contribution < 1.29 is 24.4 Å². The predicted molar refractivity (Wildman–Crippen MR) is 65.6 cm³/mol. The SMILES string of the molecule is N=C1N=CN=C2N([C@@H]3O[C@H](CO)[C@@H](O)[C@H]3O)C=NC12F. The monoisotopic (exact) mass is 285 g/mol. The van der Waals surface area contributed by atoms with E-state index in [1.807, 2.05) is 0 Å². The minimum absolute atomic E-state index is 0.271. The molecule has 1 unspecified atom stereocenters. The molecule has 0 spiro atoms. The van der Waals surface area contributed by atoms with Crippen LogP contribution in [-0.2, 0) is 4.74 Å². The van der Waals surface area contributed by atoms with E-state index in [-0.39, 0.29) is 5.84 Å². The first-order chi connectivity index (χ1) is 9.49. The lowest BCUT2D eigenvalue weighted by atomic mass is 10.1. The largest absolute Gasteiger partial charge is 0.394 e. The number of nitrogens with one attached hydrogen (secondary N) is 1. The second kappa shape index (κ2) is 4.38. The van der Waals surface area contributed by atoms with Gasteiger partial charge < -0.3 is 20.1 Å². The number of amidine groups is 2. The van der Waals surface area contributed by atoms with Crippen molar-refractivity contribution in [3.05, 3.63) is 0 Å². The molecule has 3 aliphatic rings. The van der Waals surface area contributed by atoms with Crippen LogP contribution >= 0.6 is 0 Å². The van der Waals surface area contributed by atoms with Crippen molar-refractivity contribution in [3.63, 3.8) is 0 Å². The summed E-state index contributed by atoms with van der Waals surface area (Å²) in [6.45, 7) is -0.496. The molecule has 3 aliphatic heterocycles. The number of aliphatic hydroxyl groups excluding tert-OH is 3. The van der Waals surface area contributed by atoms with Crippen LogP contribution in [-0.4, -0.2) is 81.5 Å². The minimum Gasteiger partial charge on any atom is -0.394 e. The van der Waals surface area contributed by atoms with Crippen molar-refractivity contribution in [1.82, 2.24) is 4.90 Å². The van der Waals surface area contributed by atoms with E-state index < -0.39 is 42.8 Å². The molecule has 0 radical (unpaired) electrons. The van der Waals surface area contributed by atoms with Crippen LogP contribution in [0.2, 0.25) is 0 Å². The second-order valence-corrected chi connectivity index (χ2v) is 4.55. The van der Waals surface area contributed by atoms with Gasteiger partial charge in [-0.1, -0.05) is 0 Å². The van der Waals surface area contributed by atoms with E-state index in [4.69, 9.17) is 15.3 Å². The van der Waals surface area contributed by atoms with Gasteiger partial charge in [0.1, 0.15) is 24.7 Å². The molecule has 1 saturated heterocycles. The van der Waals surface area contributed by atoms with Crippen LogP contribution in [0.25, 0.3) is 0 Å². The summed E-state index contributed by atoms with van der Waals surface area (Å²) in [5.74, 6) is -3.42. The maximum Gasteiger partial charge on any atom is 0.318 e. The number of fused-ring (bicyclic) bond motifs is 1. The molecule has 3 heterocycles. The summed E-state index contributed by atoms with van der Waals surface area (Å²) in [5, 5.41) is 36.1. The highest BCUT2D eigenvalue weighted by atomic mass is 19.1. The summed E-state index contributed by atoms with van der Waals surface area (Å²) in [4.78, 5) is 11.8. The Morgan fingerprint density at radius 3 is 2.85 bits per heavy atom. The highest BCUT2D eigenvalue weighted by molar-refractivity contribution is 6.22. The van der Waals surface area contributed by atoms with Gasteiger partial charge in [0.2, 0.25) is 0 Å². The summed E-state index contributed by atoms with van der Waals surface area (Å²) in [7, 11) is 0. The number of aliphatic hydroxyl groups is 3. The molecule has 0 aliphatic carbocycles. The molecule has 0 saturated carbocycles. The maximum absolute atomic E-state index is 14.5. The Bertz CT molecular complexity index is 538. The zero-order valence-corrected chi connectivity index (χ0v) is 10.1. The van der Waals surface area contributed by atoms with Crippen LogP contribution in [0.5, 0.6) is 0 Å². The molecule has 9 nitrogen and oxygen atoms in total. The lowest BCUT2D eigenvalue weighted by Gasteiger charge is -2.28. The molecule has 0 aromatic rings. The van der Waals surface area contributed by atoms with E-state index >= 15 is 0 Å². The third-order valence-corrected chi connectivity index (χ3v) is 3.37. The van der Waals surface area contributed by atoms with Gasteiger partial charge in [-0.3, -0.25) is 10.3 Å². The number of rotatable bonds is 2. The fourth-order valence-corrected chi connectivity index (χ4v) is 2.27. The Morgan fingerprint density at radius 2 is 2.20 bits per heavy atom. The van der Waals surface area contributed by atoms with Gasteiger partial charge in [-0.15, -0.1) is 0 Å². The standard InChI is InChI=1S/C10H12FN5O4/c11-10-8(12)13-2-14-9(10)16(3-15-10)7-6(19)5(18)4(1-17)20-7/h2-7,12,17-19H,1H2/t4-,5-,6-,7-,10?/m1/s1. The topological polar surface area (TPSA) is 134 Å². The van der Waals surface area contributed by atoms with Gasteiger partial charge in [0, 0.05) is 0 Å². The van der Waals surface area contributed by atoms with Gasteiger partial charge in [0.15, 0.2) is 17.9 Å². The molecular weight excluding hydrogens is 273 g/mol. The number of nitrogens with zero attached hydrogens (tertiary/aromatic N) is 4. The van der Waals surface area contributed by atoms with E-state index in [9.17, 15) is 14.6 Å². The van der Waals surface area contributed by atoms with E-state index in [1.54, 1.807) is 0 Å². The number of hydrogen-bond donors (Lipinski definition) is 4. The molecule has 3 rings (SSSR count). The van der Waals surface area contributed by atoms with E-state index in [2.05, 4.69) is 15.0 Å². The van der Waals surface area contributed by atoms with E-state index in [0.717, 1.165) is 17.6 Å². The molecule has 20 heavy (non-hydrogen) atoms. The lowest BCUT2D eigenvalue weighted by Crippen LogP contribution is -2.51. The normalized spacial score (nSPS) is 43.1. The molecule has 4 N–H and O–H groups in total. The zero-order valence-electron chi connectivity index (χ0n) is 10.1. The summed E-state index contributed by atoms with van der Waals surface area (Å²) < 4.78 is 19.8. The van der Waals surface area contributed by atoms with E-state index in [0.29, 0.717) is 0 Å². The van der Waals surface area contributed by atoms with Crippen molar-refractivity contribution >= 4 is 24.3 Å². The second-order valence-electron chi connectivity index (χ2n) is 4.55. The van der Waals surface area contributed by atoms with Gasteiger partial charge in [0.05, 0.1) is 12.9 Å². The average Bonchev–Trinajstić information content (AvgIpc) is 2.91. The Labute approximate surface area is 112 Å². The quantitative estimate of drug-likeness (QED) is 0.429. The summed E-state index contributed by atoms with van der Waals surface area (Å²) >= 11 is 0. The molecule has 0 aromatic heterocycles. The number of hydrogen-bond acceptors (Lipinski definition) is 8. The first-order valence-electron chi connectivity index (χ1n) is 5.84. The molecule has 10 heteroatoms. The molecule has 5 atom stereocenters.